The lowest BCUT2D eigenvalue weighted by Crippen LogP contribution is -2.17. The normalized spacial score (nSPS) is 10.5. The van der Waals surface area contributed by atoms with Crippen molar-refractivity contribution in [3.05, 3.63) is 75.3 Å². The topological polar surface area (TPSA) is 84.6 Å². The summed E-state index contributed by atoms with van der Waals surface area (Å²) in [6.45, 7) is 1.93. The van der Waals surface area contributed by atoms with E-state index in [2.05, 4.69) is 10.5 Å². The molecule has 0 fully saturated rings. The molecular weight excluding hydrogens is 270 g/mol. The lowest BCUT2D eigenvalue weighted by molar-refractivity contribution is -0.384. The van der Waals surface area contributed by atoms with E-state index in [1.54, 1.807) is 0 Å². The molecule has 0 bridgehead atoms. The number of non-ortho nitro benzene ring substituents is 1. The summed E-state index contributed by atoms with van der Waals surface area (Å²) in [5, 5.41) is 14.5. The second-order valence-electron chi connectivity index (χ2n) is 4.36. The minimum atomic E-state index is -0.548. The molecule has 6 heteroatoms. The van der Waals surface area contributed by atoms with Gasteiger partial charge in [-0.1, -0.05) is 30.3 Å². The molecule has 21 heavy (non-hydrogen) atoms. The van der Waals surface area contributed by atoms with E-state index in [-0.39, 0.29) is 11.3 Å². The van der Waals surface area contributed by atoms with Crippen molar-refractivity contribution in [2.24, 2.45) is 5.10 Å². The van der Waals surface area contributed by atoms with Gasteiger partial charge in [0.2, 0.25) is 0 Å². The predicted octanol–water partition coefficient (Wildman–Crippen LogP) is 2.67. The fraction of sp³-hybridized carbons (Fsp3) is 0.0667. The molecule has 0 saturated heterocycles. The van der Waals surface area contributed by atoms with Crippen LogP contribution in [0.25, 0.3) is 0 Å². The molecule has 2 rings (SSSR count). The van der Waals surface area contributed by atoms with E-state index >= 15 is 0 Å². The number of carbonyl (C=O) groups excluding carboxylic acids is 1. The van der Waals surface area contributed by atoms with Crippen molar-refractivity contribution >= 4 is 17.8 Å². The van der Waals surface area contributed by atoms with Crippen LogP contribution in [0.4, 0.5) is 5.69 Å². The van der Waals surface area contributed by atoms with Crippen LogP contribution in [-0.2, 0) is 0 Å². The van der Waals surface area contributed by atoms with Crippen molar-refractivity contribution in [2.75, 3.05) is 0 Å². The third-order valence-corrected chi connectivity index (χ3v) is 2.88. The van der Waals surface area contributed by atoms with E-state index in [1.807, 2.05) is 31.2 Å². The smallest absolute Gasteiger partial charge is 0.267 e. The summed E-state index contributed by atoms with van der Waals surface area (Å²) in [5.41, 5.74) is 4.32. The van der Waals surface area contributed by atoms with Gasteiger partial charge >= 0.3 is 0 Å². The first-order chi connectivity index (χ1) is 10.1. The average Bonchev–Trinajstić information content (AvgIpc) is 2.49. The van der Waals surface area contributed by atoms with Crippen LogP contribution in [0.5, 0.6) is 0 Å². The summed E-state index contributed by atoms with van der Waals surface area (Å²) in [7, 11) is 0. The molecule has 0 radical (unpaired) electrons. The van der Waals surface area contributed by atoms with Gasteiger partial charge < -0.3 is 0 Å². The molecule has 106 valence electrons. The van der Waals surface area contributed by atoms with Gasteiger partial charge in [0.25, 0.3) is 11.6 Å². The molecule has 6 nitrogen and oxygen atoms in total. The first-order valence-corrected chi connectivity index (χ1v) is 6.21. The largest absolute Gasteiger partial charge is 0.271 e. The third-order valence-electron chi connectivity index (χ3n) is 2.88. The number of amides is 1. The summed E-state index contributed by atoms with van der Waals surface area (Å²) >= 11 is 0. The third kappa shape index (κ3) is 3.73. The highest BCUT2D eigenvalue weighted by molar-refractivity contribution is 5.95. The van der Waals surface area contributed by atoms with Crippen molar-refractivity contribution in [2.45, 2.75) is 6.92 Å². The van der Waals surface area contributed by atoms with Gasteiger partial charge in [-0.2, -0.15) is 5.10 Å². The van der Waals surface area contributed by atoms with E-state index < -0.39 is 10.8 Å². The second kappa shape index (κ2) is 6.42. The number of hydrazone groups is 1. The second-order valence-corrected chi connectivity index (χ2v) is 4.36. The summed E-state index contributed by atoms with van der Waals surface area (Å²) in [5.74, 6) is -0.497. The van der Waals surface area contributed by atoms with Crippen LogP contribution in [0.2, 0.25) is 0 Å². The number of nitro groups is 1. The molecule has 1 N–H and O–H groups in total. The number of hydrogen-bond donors (Lipinski definition) is 1. The highest BCUT2D eigenvalue weighted by Gasteiger charge is 2.10. The fourth-order valence-electron chi connectivity index (χ4n) is 1.72. The molecule has 2 aromatic rings. The van der Waals surface area contributed by atoms with Crippen LogP contribution >= 0.6 is 0 Å². The van der Waals surface area contributed by atoms with Crippen molar-refractivity contribution in [3.63, 3.8) is 0 Å². The maximum absolute atomic E-state index is 11.8. The number of rotatable bonds is 4. The van der Waals surface area contributed by atoms with Crippen LogP contribution in [0.15, 0.2) is 53.6 Å². The zero-order valence-corrected chi connectivity index (χ0v) is 11.3. The molecular formula is C15H13N3O3. The Morgan fingerprint density at radius 1 is 1.24 bits per heavy atom. The first-order valence-electron chi connectivity index (χ1n) is 6.21. The number of nitro benzene ring substituents is 1. The van der Waals surface area contributed by atoms with Gasteiger partial charge in [0.05, 0.1) is 11.1 Å². The number of benzene rings is 2. The molecule has 2 aromatic carbocycles. The Balaban J connectivity index is 2.07. The molecule has 0 aliphatic rings. The Labute approximate surface area is 121 Å². The Kier molecular flexibility index (Phi) is 4.40. The Hall–Kier alpha value is -3.02. The van der Waals surface area contributed by atoms with Crippen molar-refractivity contribution < 1.29 is 9.72 Å². The number of carbonyl (C=O) groups is 1. The molecule has 0 spiro atoms. The van der Waals surface area contributed by atoms with Gasteiger partial charge in [-0.3, -0.25) is 14.9 Å². The van der Waals surface area contributed by atoms with Gasteiger partial charge in [-0.25, -0.2) is 5.43 Å². The van der Waals surface area contributed by atoms with E-state index in [0.29, 0.717) is 0 Å². The molecule has 0 aliphatic heterocycles. The maximum atomic E-state index is 11.8. The first kappa shape index (κ1) is 14.4. The summed E-state index contributed by atoms with van der Waals surface area (Å²) in [6, 6.07) is 13.1. The summed E-state index contributed by atoms with van der Waals surface area (Å²) in [6.07, 6.45) is 1.53. The lowest BCUT2D eigenvalue weighted by atomic mass is 10.1. The van der Waals surface area contributed by atoms with E-state index in [4.69, 9.17) is 0 Å². The monoisotopic (exact) mass is 283 g/mol. The number of hydrogen-bond acceptors (Lipinski definition) is 4. The fourth-order valence-corrected chi connectivity index (χ4v) is 1.72. The summed E-state index contributed by atoms with van der Waals surface area (Å²) in [4.78, 5) is 22.0. The van der Waals surface area contributed by atoms with Crippen molar-refractivity contribution in [3.8, 4) is 0 Å². The predicted molar refractivity (Wildman–Crippen MR) is 79.3 cm³/mol. The molecule has 0 aliphatic carbocycles. The molecule has 0 unspecified atom stereocenters. The lowest BCUT2D eigenvalue weighted by Gasteiger charge is -2.01. The van der Waals surface area contributed by atoms with E-state index in [9.17, 15) is 14.9 Å². The standard InChI is InChI=1S/C15H13N3O3/c1-11-5-2-3-6-13(11)10-16-17-15(19)12-7-4-8-14(9-12)18(20)21/h2-10H,1H3,(H,17,19)/b16-10-. The molecule has 0 aromatic heterocycles. The highest BCUT2D eigenvalue weighted by Crippen LogP contribution is 2.12. The van der Waals surface area contributed by atoms with Crippen molar-refractivity contribution in [1.82, 2.24) is 5.43 Å². The van der Waals surface area contributed by atoms with Gasteiger partial charge in [0, 0.05) is 17.7 Å². The van der Waals surface area contributed by atoms with Gasteiger partial charge in [-0.05, 0) is 24.1 Å². The van der Waals surface area contributed by atoms with Crippen LogP contribution in [0.3, 0.4) is 0 Å². The van der Waals surface area contributed by atoms with Crippen LogP contribution in [0.1, 0.15) is 21.5 Å². The zero-order valence-electron chi connectivity index (χ0n) is 11.3. The Morgan fingerprint density at radius 2 is 2.00 bits per heavy atom. The van der Waals surface area contributed by atoms with Crippen LogP contribution in [-0.4, -0.2) is 17.0 Å². The van der Waals surface area contributed by atoms with E-state index in [0.717, 1.165) is 11.1 Å². The van der Waals surface area contributed by atoms with Crippen LogP contribution in [0, 0.1) is 17.0 Å². The van der Waals surface area contributed by atoms with E-state index in [1.165, 1.54) is 30.5 Å². The Morgan fingerprint density at radius 3 is 2.71 bits per heavy atom. The average molecular weight is 283 g/mol. The zero-order chi connectivity index (χ0) is 15.2. The quantitative estimate of drug-likeness (QED) is 0.532. The molecule has 0 heterocycles. The number of nitrogens with one attached hydrogen (secondary N) is 1. The van der Waals surface area contributed by atoms with Gasteiger partial charge in [0.1, 0.15) is 0 Å². The number of aryl methyl sites for hydroxylation is 1. The minimum Gasteiger partial charge on any atom is -0.267 e. The summed E-state index contributed by atoms with van der Waals surface area (Å²) < 4.78 is 0. The Bertz CT molecular complexity index is 711. The van der Waals surface area contributed by atoms with Crippen LogP contribution < -0.4 is 5.43 Å². The maximum Gasteiger partial charge on any atom is 0.271 e. The molecule has 0 saturated carbocycles. The van der Waals surface area contributed by atoms with Gasteiger partial charge in [0.15, 0.2) is 0 Å². The van der Waals surface area contributed by atoms with Gasteiger partial charge in [-0.15, -0.1) is 0 Å². The van der Waals surface area contributed by atoms with Crippen molar-refractivity contribution in [1.29, 1.82) is 0 Å². The molecule has 1 amide bonds. The molecule has 0 atom stereocenters. The number of nitrogens with zero attached hydrogens (tertiary/aromatic N) is 2. The minimum absolute atomic E-state index is 0.134. The highest BCUT2D eigenvalue weighted by atomic mass is 16.6. The SMILES string of the molecule is Cc1ccccc1/C=N\NC(=O)c1cccc([N+](=O)[O-])c1.